The number of halogens is 1. The van der Waals surface area contributed by atoms with Gasteiger partial charge in [-0.05, 0) is 38.5 Å². The minimum Gasteiger partial charge on any atom is -0.503 e. The molecule has 7 nitrogen and oxygen atoms in total. The van der Waals surface area contributed by atoms with E-state index in [-0.39, 0.29) is 28.3 Å². The number of hydroxylamine groups is 2. The minimum atomic E-state index is -0.861. The zero-order valence-corrected chi connectivity index (χ0v) is 15.5. The lowest BCUT2D eigenvalue weighted by molar-refractivity contribution is -0.215. The van der Waals surface area contributed by atoms with Crippen molar-refractivity contribution >= 4 is 23.4 Å². The van der Waals surface area contributed by atoms with Gasteiger partial charge in [0.25, 0.3) is 5.91 Å². The van der Waals surface area contributed by atoms with Gasteiger partial charge in [0.05, 0.1) is 24.1 Å². The second kappa shape index (κ2) is 5.86. The van der Waals surface area contributed by atoms with Gasteiger partial charge in [-0.2, -0.15) is 5.06 Å². The van der Waals surface area contributed by atoms with Gasteiger partial charge in [-0.15, -0.1) is 0 Å². The highest BCUT2D eigenvalue weighted by Crippen LogP contribution is 2.49. The number of phenols is 1. The molecule has 1 N–H and O–H groups in total. The predicted octanol–water partition coefficient (Wildman–Crippen LogP) is 2.12. The van der Waals surface area contributed by atoms with Crippen molar-refractivity contribution in [3.8, 4) is 11.5 Å². The maximum atomic E-state index is 12.6. The Bertz CT molecular complexity index is 745. The molecule has 0 aromatic heterocycles. The van der Waals surface area contributed by atoms with Crippen molar-refractivity contribution in [1.29, 1.82) is 0 Å². The lowest BCUT2D eigenvalue weighted by atomic mass is 9.89. The van der Waals surface area contributed by atoms with Crippen molar-refractivity contribution in [2.75, 3.05) is 14.2 Å². The molecule has 2 aliphatic rings. The molecule has 3 rings (SSSR count). The largest absolute Gasteiger partial charge is 0.503 e. The van der Waals surface area contributed by atoms with E-state index in [1.165, 1.54) is 14.2 Å². The van der Waals surface area contributed by atoms with Crippen molar-refractivity contribution in [3.63, 3.8) is 0 Å². The molecule has 136 valence electrons. The molecule has 2 saturated heterocycles. The van der Waals surface area contributed by atoms with E-state index in [1.54, 1.807) is 17.2 Å². The third-order valence-corrected chi connectivity index (χ3v) is 4.90. The maximum Gasteiger partial charge on any atom is 0.261 e. The summed E-state index contributed by atoms with van der Waals surface area (Å²) in [5, 5.41) is 11.8. The number of likely N-dealkylation sites (N-methyl/N-ethyl adjacent to an activating group) is 1. The second-order valence-electron chi connectivity index (χ2n) is 7.28. The molecule has 0 aliphatic carbocycles. The Labute approximate surface area is 151 Å². The molecule has 1 aromatic carbocycles. The molecule has 0 radical (unpaired) electrons. The fraction of sp³-hybridized carbons (Fsp3) is 0.529. The summed E-state index contributed by atoms with van der Waals surface area (Å²) in [6.45, 7) is 5.79. The average Bonchev–Trinajstić information content (AvgIpc) is 3.03. The maximum absolute atomic E-state index is 12.6. The third kappa shape index (κ3) is 2.67. The van der Waals surface area contributed by atoms with Gasteiger partial charge in [-0.25, -0.2) is 0 Å². The lowest BCUT2D eigenvalue weighted by Gasteiger charge is -2.36. The predicted molar refractivity (Wildman–Crippen MR) is 90.1 cm³/mol. The Balaban J connectivity index is 2.14. The number of imide groups is 1. The fourth-order valence-electron chi connectivity index (χ4n) is 3.39. The van der Waals surface area contributed by atoms with Crippen LogP contribution in [0.1, 0.15) is 32.4 Å². The summed E-state index contributed by atoms with van der Waals surface area (Å²) in [7, 11) is 2.87. The number of carbonyl (C=O) groups excluding carboxylic acids is 2. The highest BCUT2D eigenvalue weighted by Gasteiger charge is 2.60. The summed E-state index contributed by atoms with van der Waals surface area (Å²) in [5.74, 6) is -1.30. The zero-order chi connectivity index (χ0) is 18.7. The number of benzene rings is 1. The minimum absolute atomic E-state index is 0.108. The van der Waals surface area contributed by atoms with Gasteiger partial charge in [-0.1, -0.05) is 11.6 Å². The topological polar surface area (TPSA) is 79.3 Å². The first-order valence-corrected chi connectivity index (χ1v) is 8.29. The summed E-state index contributed by atoms with van der Waals surface area (Å²) >= 11 is 6.12. The zero-order valence-electron chi connectivity index (χ0n) is 14.7. The molecule has 1 aromatic rings. The molecule has 25 heavy (non-hydrogen) atoms. The van der Waals surface area contributed by atoms with Crippen LogP contribution >= 0.6 is 11.6 Å². The smallest absolute Gasteiger partial charge is 0.261 e. The summed E-state index contributed by atoms with van der Waals surface area (Å²) < 4.78 is 5.17. The van der Waals surface area contributed by atoms with Gasteiger partial charge in [0, 0.05) is 12.6 Å². The molecule has 3 unspecified atom stereocenters. The van der Waals surface area contributed by atoms with Crippen molar-refractivity contribution < 1.29 is 24.3 Å². The van der Waals surface area contributed by atoms with E-state index in [0.717, 1.165) is 4.90 Å². The number of fused-ring (bicyclic) bond motifs is 1. The standard InChI is InChI=1S/C17H21ClN2O5/c1-17(2,3)20-12(8-6-9(18)13(21)10(7-8)24-5)11-14(25-20)16(23)19(4)15(11)22/h6-7,11-12,14,21H,1-5H3. The van der Waals surface area contributed by atoms with Crippen LogP contribution in [0.2, 0.25) is 5.02 Å². The highest BCUT2D eigenvalue weighted by atomic mass is 35.5. The Morgan fingerprint density at radius 1 is 1.24 bits per heavy atom. The summed E-state index contributed by atoms with van der Waals surface area (Å²) in [6.07, 6.45) is -0.861. The number of nitrogens with zero attached hydrogens (tertiary/aromatic N) is 2. The number of phenolic OH excluding ortho intramolecular Hbond substituents is 1. The van der Waals surface area contributed by atoms with Crippen LogP contribution in [0.5, 0.6) is 11.5 Å². The number of hydrogen-bond donors (Lipinski definition) is 1. The van der Waals surface area contributed by atoms with Crippen molar-refractivity contribution in [2.24, 2.45) is 5.92 Å². The van der Waals surface area contributed by atoms with E-state index in [2.05, 4.69) is 0 Å². The molecule has 0 saturated carbocycles. The molecule has 2 heterocycles. The normalized spacial score (nSPS) is 27.1. The summed E-state index contributed by atoms with van der Waals surface area (Å²) in [4.78, 5) is 32.0. The molecule has 0 spiro atoms. The third-order valence-electron chi connectivity index (χ3n) is 4.61. The molecule has 3 atom stereocenters. The quantitative estimate of drug-likeness (QED) is 0.805. The Hall–Kier alpha value is -1.83. The van der Waals surface area contributed by atoms with Gasteiger partial charge in [0.15, 0.2) is 17.6 Å². The number of aromatic hydroxyl groups is 1. The van der Waals surface area contributed by atoms with Crippen molar-refractivity contribution in [3.05, 3.63) is 22.7 Å². The lowest BCUT2D eigenvalue weighted by Crippen LogP contribution is -2.44. The van der Waals surface area contributed by atoms with Crippen LogP contribution in [-0.2, 0) is 14.4 Å². The first kappa shape index (κ1) is 18.0. The van der Waals surface area contributed by atoms with Gasteiger partial charge in [-0.3, -0.25) is 19.3 Å². The van der Waals surface area contributed by atoms with E-state index in [9.17, 15) is 14.7 Å². The molecule has 0 bridgehead atoms. The van der Waals surface area contributed by atoms with Gasteiger partial charge in [0.2, 0.25) is 5.91 Å². The van der Waals surface area contributed by atoms with Crippen LogP contribution in [-0.4, -0.2) is 52.7 Å². The van der Waals surface area contributed by atoms with Crippen LogP contribution in [0, 0.1) is 5.92 Å². The number of rotatable bonds is 2. The van der Waals surface area contributed by atoms with Crippen LogP contribution in [0.4, 0.5) is 0 Å². The van der Waals surface area contributed by atoms with E-state index < -0.39 is 23.6 Å². The van der Waals surface area contributed by atoms with E-state index in [0.29, 0.717) is 5.56 Å². The Morgan fingerprint density at radius 2 is 1.88 bits per heavy atom. The first-order chi connectivity index (χ1) is 11.6. The molecular formula is C17H21ClN2O5. The first-order valence-electron chi connectivity index (χ1n) is 7.92. The highest BCUT2D eigenvalue weighted by molar-refractivity contribution is 6.32. The number of hydrogen-bond acceptors (Lipinski definition) is 6. The fourth-order valence-corrected chi connectivity index (χ4v) is 3.61. The number of methoxy groups -OCH3 is 1. The van der Waals surface area contributed by atoms with E-state index in [4.69, 9.17) is 21.2 Å². The van der Waals surface area contributed by atoms with Gasteiger partial charge < -0.3 is 9.84 Å². The Kier molecular flexibility index (Phi) is 4.21. The molecular weight excluding hydrogens is 348 g/mol. The number of carbonyl (C=O) groups is 2. The summed E-state index contributed by atoms with van der Waals surface area (Å²) in [5.41, 5.74) is 0.171. The van der Waals surface area contributed by atoms with Crippen LogP contribution in [0.15, 0.2) is 12.1 Å². The van der Waals surface area contributed by atoms with Crippen LogP contribution in [0.3, 0.4) is 0 Å². The molecule has 2 fully saturated rings. The Morgan fingerprint density at radius 3 is 2.44 bits per heavy atom. The van der Waals surface area contributed by atoms with Crippen molar-refractivity contribution in [2.45, 2.75) is 38.5 Å². The summed E-state index contributed by atoms with van der Waals surface area (Å²) in [6, 6.07) is 2.66. The van der Waals surface area contributed by atoms with Gasteiger partial charge >= 0.3 is 0 Å². The van der Waals surface area contributed by atoms with Crippen LogP contribution in [0.25, 0.3) is 0 Å². The van der Waals surface area contributed by atoms with Crippen molar-refractivity contribution in [1.82, 2.24) is 9.96 Å². The van der Waals surface area contributed by atoms with Gasteiger partial charge in [0.1, 0.15) is 0 Å². The molecule has 2 aliphatic heterocycles. The average molecular weight is 369 g/mol. The molecule has 2 amide bonds. The monoisotopic (exact) mass is 368 g/mol. The molecule has 8 heteroatoms. The van der Waals surface area contributed by atoms with Crippen LogP contribution < -0.4 is 4.74 Å². The number of likely N-dealkylation sites (tertiary alicyclic amines) is 1. The van der Waals surface area contributed by atoms with E-state index >= 15 is 0 Å². The van der Waals surface area contributed by atoms with E-state index in [1.807, 2.05) is 20.8 Å². The number of ether oxygens (including phenoxy) is 1. The second-order valence-corrected chi connectivity index (χ2v) is 7.69. The number of amides is 2. The SMILES string of the molecule is COc1cc(C2C3C(=O)N(C)C(=O)C3ON2C(C)(C)C)cc(Cl)c1O.